The highest BCUT2D eigenvalue weighted by molar-refractivity contribution is 5.79. The number of hydrogen-bond acceptors (Lipinski definition) is 3. The topological polar surface area (TPSA) is 77.7 Å². The molecule has 4 rings (SSSR count). The third-order valence-corrected chi connectivity index (χ3v) is 4.71. The number of rotatable bonds is 3. The Balaban J connectivity index is 1.46. The van der Waals surface area contributed by atoms with Crippen LogP contribution < -0.4 is 0 Å². The number of amides is 1. The zero-order valence-corrected chi connectivity index (χ0v) is 14.0. The van der Waals surface area contributed by atoms with Crippen molar-refractivity contribution in [1.82, 2.24) is 24.8 Å². The molecule has 2 aromatic heterocycles. The van der Waals surface area contributed by atoms with Gasteiger partial charge in [0.15, 0.2) is 0 Å². The lowest BCUT2D eigenvalue weighted by Gasteiger charge is -2.25. The van der Waals surface area contributed by atoms with E-state index in [1.54, 1.807) is 4.90 Å². The molecule has 0 saturated heterocycles. The number of aromatic amines is 2. The number of hydrogen-bond donors (Lipinski definition) is 2. The Bertz CT molecular complexity index is 861. The monoisotopic (exact) mass is 323 g/mol. The number of H-pyrrole nitrogens is 2. The first kappa shape index (κ1) is 14.9. The average Bonchev–Trinajstić information content (AvgIpc) is 3.14. The normalized spacial score (nSPS) is 17.0. The maximum atomic E-state index is 12.8. The lowest BCUT2D eigenvalue weighted by atomic mass is 9.89. The summed E-state index contributed by atoms with van der Waals surface area (Å²) in [5, 5.41) is 0. The smallest absolute Gasteiger partial charge is 0.226 e. The van der Waals surface area contributed by atoms with Crippen molar-refractivity contribution in [2.24, 2.45) is 5.92 Å². The number of nitrogens with one attached hydrogen (secondary N) is 2. The quantitative estimate of drug-likeness (QED) is 0.777. The van der Waals surface area contributed by atoms with Crippen LogP contribution in [0.3, 0.4) is 0 Å². The predicted molar refractivity (Wildman–Crippen MR) is 91.4 cm³/mol. The van der Waals surface area contributed by atoms with Crippen LogP contribution in [0.1, 0.15) is 29.5 Å². The standard InChI is InChI=1S/C18H21N5O/c1-11-19-15-8-7-12(9-16(15)20-11)18(24)23(2)10-17-21-13-5-3-4-6-14(13)22-17/h3-6,12H,7-10H2,1-2H3,(H,19,20)(H,21,22)/t12-/m1/s1. The molecule has 1 amide bonds. The second-order valence-corrected chi connectivity index (χ2v) is 6.58. The van der Waals surface area contributed by atoms with Gasteiger partial charge in [-0.15, -0.1) is 0 Å². The zero-order chi connectivity index (χ0) is 16.7. The van der Waals surface area contributed by atoms with Gasteiger partial charge in [-0.05, 0) is 31.9 Å². The SMILES string of the molecule is Cc1nc2c([nH]1)C[C@H](C(=O)N(C)Cc1nc3ccccc3[nH]1)CC2. The van der Waals surface area contributed by atoms with Crippen molar-refractivity contribution in [2.45, 2.75) is 32.7 Å². The molecular weight excluding hydrogens is 302 g/mol. The van der Waals surface area contributed by atoms with Gasteiger partial charge in [0.05, 0.1) is 23.3 Å². The van der Waals surface area contributed by atoms with Gasteiger partial charge in [-0.2, -0.15) is 0 Å². The molecule has 24 heavy (non-hydrogen) atoms. The highest BCUT2D eigenvalue weighted by Crippen LogP contribution is 2.25. The second-order valence-electron chi connectivity index (χ2n) is 6.58. The first-order valence-electron chi connectivity index (χ1n) is 8.33. The molecule has 1 aliphatic rings. The first-order valence-corrected chi connectivity index (χ1v) is 8.33. The fourth-order valence-corrected chi connectivity index (χ4v) is 3.53. The van der Waals surface area contributed by atoms with Crippen LogP contribution in [0.4, 0.5) is 0 Å². The Morgan fingerprint density at radius 1 is 1.29 bits per heavy atom. The van der Waals surface area contributed by atoms with E-state index in [1.165, 1.54) is 0 Å². The molecule has 0 bridgehead atoms. The van der Waals surface area contributed by atoms with Crippen LogP contribution in [0.2, 0.25) is 0 Å². The van der Waals surface area contributed by atoms with Gasteiger partial charge in [-0.25, -0.2) is 9.97 Å². The molecule has 0 radical (unpaired) electrons. The molecule has 1 aliphatic carbocycles. The summed E-state index contributed by atoms with van der Waals surface area (Å²) in [4.78, 5) is 30.2. The van der Waals surface area contributed by atoms with E-state index in [-0.39, 0.29) is 11.8 Å². The van der Waals surface area contributed by atoms with E-state index in [4.69, 9.17) is 0 Å². The van der Waals surface area contributed by atoms with E-state index in [0.29, 0.717) is 6.54 Å². The Morgan fingerprint density at radius 3 is 2.96 bits per heavy atom. The molecule has 2 heterocycles. The fourth-order valence-electron chi connectivity index (χ4n) is 3.53. The highest BCUT2D eigenvalue weighted by atomic mass is 16.2. The van der Waals surface area contributed by atoms with Crippen molar-refractivity contribution in [1.29, 1.82) is 0 Å². The minimum Gasteiger partial charge on any atom is -0.346 e. The van der Waals surface area contributed by atoms with Gasteiger partial charge in [0.25, 0.3) is 0 Å². The molecule has 1 atom stereocenters. The maximum Gasteiger partial charge on any atom is 0.226 e. The molecule has 0 spiro atoms. The Morgan fingerprint density at radius 2 is 2.12 bits per heavy atom. The Hall–Kier alpha value is -2.63. The summed E-state index contributed by atoms with van der Waals surface area (Å²) < 4.78 is 0. The first-order chi connectivity index (χ1) is 11.6. The van der Waals surface area contributed by atoms with Crippen molar-refractivity contribution in [3.8, 4) is 0 Å². The molecule has 6 nitrogen and oxygen atoms in total. The third kappa shape index (κ3) is 2.68. The number of carbonyl (C=O) groups is 1. The summed E-state index contributed by atoms with van der Waals surface area (Å²) in [6.07, 6.45) is 2.48. The van der Waals surface area contributed by atoms with Gasteiger partial charge in [0.2, 0.25) is 5.91 Å². The van der Waals surface area contributed by atoms with Crippen LogP contribution in [0.15, 0.2) is 24.3 Å². The number of benzene rings is 1. The van der Waals surface area contributed by atoms with Crippen molar-refractivity contribution in [3.05, 3.63) is 47.3 Å². The van der Waals surface area contributed by atoms with E-state index >= 15 is 0 Å². The summed E-state index contributed by atoms with van der Waals surface area (Å²) >= 11 is 0. The van der Waals surface area contributed by atoms with Crippen molar-refractivity contribution < 1.29 is 4.79 Å². The van der Waals surface area contributed by atoms with E-state index < -0.39 is 0 Å². The fraction of sp³-hybridized carbons (Fsp3) is 0.389. The van der Waals surface area contributed by atoms with Crippen LogP contribution in [0, 0.1) is 12.8 Å². The summed E-state index contributed by atoms with van der Waals surface area (Å²) in [5.41, 5.74) is 4.18. The molecule has 1 aromatic carbocycles. The largest absolute Gasteiger partial charge is 0.346 e. The van der Waals surface area contributed by atoms with Gasteiger partial charge in [0.1, 0.15) is 11.6 Å². The van der Waals surface area contributed by atoms with Crippen LogP contribution in [0.25, 0.3) is 11.0 Å². The molecule has 6 heteroatoms. The zero-order valence-electron chi connectivity index (χ0n) is 14.0. The molecule has 2 N–H and O–H groups in total. The number of fused-ring (bicyclic) bond motifs is 2. The summed E-state index contributed by atoms with van der Waals surface area (Å²) in [5.74, 6) is 1.95. The van der Waals surface area contributed by atoms with E-state index in [9.17, 15) is 4.79 Å². The minimum atomic E-state index is 0.0201. The number of imidazole rings is 2. The predicted octanol–water partition coefficient (Wildman–Crippen LogP) is 2.36. The van der Waals surface area contributed by atoms with E-state index in [2.05, 4.69) is 19.9 Å². The minimum absolute atomic E-state index is 0.0201. The number of nitrogens with zero attached hydrogens (tertiary/aromatic N) is 3. The molecule has 0 fully saturated rings. The average molecular weight is 323 g/mol. The maximum absolute atomic E-state index is 12.8. The number of aryl methyl sites for hydroxylation is 2. The van der Waals surface area contributed by atoms with Gasteiger partial charge in [-0.1, -0.05) is 12.1 Å². The molecule has 0 saturated carbocycles. The molecular formula is C18H21N5O. The lowest BCUT2D eigenvalue weighted by molar-refractivity contribution is -0.135. The molecule has 3 aromatic rings. The molecule has 0 unspecified atom stereocenters. The highest BCUT2D eigenvalue weighted by Gasteiger charge is 2.29. The summed E-state index contributed by atoms with van der Waals surface area (Å²) in [6.45, 7) is 2.46. The Labute approximate surface area is 140 Å². The van der Waals surface area contributed by atoms with Crippen molar-refractivity contribution in [2.75, 3.05) is 7.05 Å². The van der Waals surface area contributed by atoms with Crippen molar-refractivity contribution in [3.63, 3.8) is 0 Å². The van der Waals surface area contributed by atoms with E-state index in [0.717, 1.165) is 53.3 Å². The number of carbonyl (C=O) groups excluding carboxylic acids is 1. The molecule has 0 aliphatic heterocycles. The van der Waals surface area contributed by atoms with Crippen LogP contribution in [-0.4, -0.2) is 37.8 Å². The number of para-hydroxylation sites is 2. The van der Waals surface area contributed by atoms with Crippen molar-refractivity contribution >= 4 is 16.9 Å². The molecule has 124 valence electrons. The second kappa shape index (κ2) is 5.78. The lowest BCUT2D eigenvalue weighted by Crippen LogP contribution is -2.35. The van der Waals surface area contributed by atoms with Gasteiger partial charge in [-0.3, -0.25) is 4.79 Å². The number of aromatic nitrogens is 4. The third-order valence-electron chi connectivity index (χ3n) is 4.71. The Kier molecular flexibility index (Phi) is 3.59. The summed E-state index contributed by atoms with van der Waals surface area (Å²) in [6, 6.07) is 7.91. The van der Waals surface area contributed by atoms with Gasteiger partial charge < -0.3 is 14.9 Å². The van der Waals surface area contributed by atoms with E-state index in [1.807, 2.05) is 38.2 Å². The van der Waals surface area contributed by atoms with Gasteiger partial charge in [0, 0.05) is 25.1 Å². The van der Waals surface area contributed by atoms with Crippen LogP contribution in [-0.2, 0) is 24.2 Å². The van der Waals surface area contributed by atoms with Crippen LogP contribution in [0.5, 0.6) is 0 Å². The summed E-state index contributed by atoms with van der Waals surface area (Å²) in [7, 11) is 1.85. The van der Waals surface area contributed by atoms with Gasteiger partial charge >= 0.3 is 0 Å². The van der Waals surface area contributed by atoms with Crippen LogP contribution >= 0.6 is 0 Å².